The number of hydrogen-bond donors (Lipinski definition) is 1. The van der Waals surface area contributed by atoms with Crippen LogP contribution < -0.4 is 5.32 Å². The van der Waals surface area contributed by atoms with Crippen LogP contribution >= 0.6 is 46.9 Å². The monoisotopic (exact) mass is 404 g/mol. The van der Waals surface area contributed by atoms with Gasteiger partial charge in [0, 0.05) is 36.0 Å². The maximum Gasteiger partial charge on any atom is 0.223 e. The molecule has 1 unspecified atom stereocenters. The smallest absolute Gasteiger partial charge is 0.223 e. The van der Waals surface area contributed by atoms with Crippen molar-refractivity contribution in [2.45, 2.75) is 18.9 Å². The number of thiophene rings is 1. The van der Waals surface area contributed by atoms with E-state index in [1.165, 1.54) is 11.3 Å². The minimum Gasteiger partial charge on any atom is -0.333 e. The molecule has 1 amide bonds. The first-order valence-electron chi connectivity index (χ1n) is 7.64. The van der Waals surface area contributed by atoms with Gasteiger partial charge >= 0.3 is 0 Å². The topological polar surface area (TPSA) is 32.3 Å². The minimum atomic E-state index is -0.00289. The molecule has 1 N–H and O–H groups in total. The molecular formula is C17H19Cl3N2OS. The van der Waals surface area contributed by atoms with Crippen molar-refractivity contribution < 1.29 is 4.79 Å². The van der Waals surface area contributed by atoms with Gasteiger partial charge in [-0.15, -0.1) is 23.7 Å². The fourth-order valence-corrected chi connectivity index (χ4v) is 4.23. The van der Waals surface area contributed by atoms with Crippen molar-refractivity contribution in [2.75, 3.05) is 19.6 Å². The average molecular weight is 406 g/mol. The summed E-state index contributed by atoms with van der Waals surface area (Å²) in [6.45, 7) is 2.26. The van der Waals surface area contributed by atoms with E-state index in [2.05, 4.69) is 5.32 Å². The molecule has 1 aliphatic rings. The molecule has 1 aromatic heterocycles. The molecular weight excluding hydrogens is 387 g/mol. The molecule has 3 rings (SSSR count). The van der Waals surface area contributed by atoms with Gasteiger partial charge in [-0.1, -0.05) is 41.4 Å². The van der Waals surface area contributed by atoms with E-state index in [0.29, 0.717) is 18.0 Å². The SMILES string of the molecule is Cl.O=C(CCc1ccc(Cl)s1)N1CCNCC1c1ccccc1Cl. The van der Waals surface area contributed by atoms with Crippen molar-refractivity contribution in [3.8, 4) is 0 Å². The van der Waals surface area contributed by atoms with Crippen LogP contribution in [0.15, 0.2) is 36.4 Å². The lowest BCUT2D eigenvalue weighted by molar-refractivity contribution is -0.134. The highest BCUT2D eigenvalue weighted by molar-refractivity contribution is 7.16. The van der Waals surface area contributed by atoms with Crippen molar-refractivity contribution in [2.24, 2.45) is 0 Å². The van der Waals surface area contributed by atoms with Crippen molar-refractivity contribution in [1.29, 1.82) is 0 Å². The summed E-state index contributed by atoms with van der Waals surface area (Å²) in [4.78, 5) is 15.8. The quantitative estimate of drug-likeness (QED) is 0.807. The van der Waals surface area contributed by atoms with Crippen LogP contribution in [0.25, 0.3) is 0 Å². The minimum absolute atomic E-state index is 0. The molecule has 0 radical (unpaired) electrons. The highest BCUT2D eigenvalue weighted by Crippen LogP contribution is 2.29. The van der Waals surface area contributed by atoms with Crippen LogP contribution in [0.4, 0.5) is 0 Å². The highest BCUT2D eigenvalue weighted by atomic mass is 35.5. The molecule has 2 aromatic rings. The van der Waals surface area contributed by atoms with Crippen molar-refractivity contribution in [1.82, 2.24) is 10.2 Å². The first-order valence-corrected chi connectivity index (χ1v) is 9.21. The van der Waals surface area contributed by atoms with Crippen LogP contribution in [0.2, 0.25) is 9.36 Å². The van der Waals surface area contributed by atoms with Crippen molar-refractivity contribution >= 4 is 52.9 Å². The summed E-state index contributed by atoms with van der Waals surface area (Å²) >= 11 is 13.8. The van der Waals surface area contributed by atoms with E-state index in [-0.39, 0.29) is 24.4 Å². The van der Waals surface area contributed by atoms with E-state index in [4.69, 9.17) is 23.2 Å². The van der Waals surface area contributed by atoms with Gasteiger partial charge in [0.05, 0.1) is 10.4 Å². The molecule has 1 atom stereocenters. The second kappa shape index (κ2) is 9.07. The van der Waals surface area contributed by atoms with Crippen LogP contribution in [0.5, 0.6) is 0 Å². The first kappa shape index (κ1) is 19.5. The number of carbonyl (C=O) groups is 1. The van der Waals surface area contributed by atoms with Crippen LogP contribution in [-0.4, -0.2) is 30.4 Å². The second-order valence-electron chi connectivity index (χ2n) is 5.53. The number of nitrogens with one attached hydrogen (secondary N) is 1. The summed E-state index contributed by atoms with van der Waals surface area (Å²) in [5, 5.41) is 4.07. The number of amides is 1. The third kappa shape index (κ3) is 4.64. The maximum atomic E-state index is 12.7. The Labute approximate surface area is 162 Å². The number of halogens is 3. The molecule has 1 aromatic carbocycles. The van der Waals surface area contributed by atoms with Gasteiger partial charge in [0.2, 0.25) is 5.91 Å². The Morgan fingerprint density at radius 1 is 1.25 bits per heavy atom. The molecule has 130 valence electrons. The maximum absolute atomic E-state index is 12.7. The van der Waals surface area contributed by atoms with Crippen LogP contribution in [0.3, 0.4) is 0 Å². The zero-order chi connectivity index (χ0) is 16.2. The summed E-state index contributed by atoms with van der Waals surface area (Å²) in [7, 11) is 0. The lowest BCUT2D eigenvalue weighted by Crippen LogP contribution is -2.48. The molecule has 3 nitrogen and oxygen atoms in total. The van der Waals surface area contributed by atoms with Gasteiger partial charge in [0.25, 0.3) is 0 Å². The zero-order valence-corrected chi connectivity index (χ0v) is 16.1. The molecule has 2 heterocycles. The average Bonchev–Trinajstić information content (AvgIpc) is 2.99. The van der Waals surface area contributed by atoms with Gasteiger partial charge in [-0.25, -0.2) is 0 Å². The molecule has 0 aliphatic carbocycles. The van der Waals surface area contributed by atoms with Gasteiger partial charge in [-0.3, -0.25) is 4.79 Å². The lowest BCUT2D eigenvalue weighted by atomic mass is 10.0. The fraction of sp³-hybridized carbons (Fsp3) is 0.353. The number of carbonyl (C=O) groups excluding carboxylic acids is 1. The summed E-state index contributed by atoms with van der Waals surface area (Å²) in [5.74, 6) is 0.168. The van der Waals surface area contributed by atoms with Crippen LogP contribution in [0, 0.1) is 0 Å². The van der Waals surface area contributed by atoms with Crippen molar-refractivity contribution in [3.63, 3.8) is 0 Å². The molecule has 1 aliphatic heterocycles. The van der Waals surface area contributed by atoms with E-state index >= 15 is 0 Å². The van der Waals surface area contributed by atoms with Gasteiger partial charge in [0.1, 0.15) is 0 Å². The van der Waals surface area contributed by atoms with E-state index in [1.54, 1.807) is 0 Å². The van der Waals surface area contributed by atoms with Crippen LogP contribution in [0.1, 0.15) is 22.9 Å². The number of nitrogens with zero attached hydrogens (tertiary/aromatic N) is 1. The predicted molar refractivity (Wildman–Crippen MR) is 104 cm³/mol. The van der Waals surface area contributed by atoms with Crippen molar-refractivity contribution in [3.05, 3.63) is 56.2 Å². The third-order valence-corrected chi connectivity index (χ3v) is 5.68. The molecule has 0 bridgehead atoms. The summed E-state index contributed by atoms with van der Waals surface area (Å²) in [6.07, 6.45) is 1.23. The van der Waals surface area contributed by atoms with Gasteiger partial charge in [-0.05, 0) is 30.2 Å². The molecule has 7 heteroatoms. The molecule has 0 spiro atoms. The van der Waals surface area contributed by atoms with E-state index in [1.807, 2.05) is 41.3 Å². The van der Waals surface area contributed by atoms with E-state index < -0.39 is 0 Å². The summed E-state index contributed by atoms with van der Waals surface area (Å²) in [5.41, 5.74) is 1.01. The second-order valence-corrected chi connectivity index (χ2v) is 7.74. The number of piperazine rings is 1. The Bertz CT molecular complexity index is 692. The fourth-order valence-electron chi connectivity index (χ4n) is 2.89. The summed E-state index contributed by atoms with van der Waals surface area (Å²) < 4.78 is 0.767. The lowest BCUT2D eigenvalue weighted by Gasteiger charge is -2.37. The largest absolute Gasteiger partial charge is 0.333 e. The highest BCUT2D eigenvalue weighted by Gasteiger charge is 2.28. The first-order chi connectivity index (χ1) is 11.1. The Hall–Kier alpha value is -0.780. The van der Waals surface area contributed by atoms with Gasteiger partial charge < -0.3 is 10.2 Å². The van der Waals surface area contributed by atoms with Gasteiger partial charge in [0.15, 0.2) is 0 Å². The normalized spacial score (nSPS) is 17.4. The zero-order valence-electron chi connectivity index (χ0n) is 13.0. The molecule has 1 fully saturated rings. The number of aryl methyl sites for hydroxylation is 1. The van der Waals surface area contributed by atoms with Gasteiger partial charge in [-0.2, -0.15) is 0 Å². The van der Waals surface area contributed by atoms with E-state index in [9.17, 15) is 4.79 Å². The van der Waals surface area contributed by atoms with E-state index in [0.717, 1.165) is 34.3 Å². The summed E-state index contributed by atoms with van der Waals surface area (Å²) in [6, 6.07) is 11.6. The third-order valence-electron chi connectivity index (χ3n) is 4.04. The molecule has 1 saturated heterocycles. The standard InChI is InChI=1S/C17H18Cl2N2OS.ClH/c18-14-4-2-1-3-13(14)15-11-20-9-10-21(15)17(22)8-6-12-5-7-16(19)23-12;/h1-5,7,15,20H,6,8-11H2;1H. The molecule has 24 heavy (non-hydrogen) atoms. The number of rotatable bonds is 4. The number of hydrogen-bond acceptors (Lipinski definition) is 3. The number of benzene rings is 1. The Morgan fingerprint density at radius 3 is 2.75 bits per heavy atom. The van der Waals surface area contributed by atoms with Crippen LogP contribution in [-0.2, 0) is 11.2 Å². The predicted octanol–water partition coefficient (Wildman–Crippen LogP) is 4.58. The Kier molecular flexibility index (Phi) is 7.38. The Morgan fingerprint density at radius 2 is 2.04 bits per heavy atom. The molecule has 0 saturated carbocycles. The Balaban J connectivity index is 0.00000208.